The second-order valence-electron chi connectivity index (χ2n) is 2.80. The van der Waals surface area contributed by atoms with Crippen molar-refractivity contribution in [3.63, 3.8) is 0 Å². The zero-order valence-corrected chi connectivity index (χ0v) is 7.14. The van der Waals surface area contributed by atoms with Crippen molar-refractivity contribution in [2.45, 2.75) is 24.5 Å². The number of carbonyl (C=O) groups is 2. The summed E-state index contributed by atoms with van der Waals surface area (Å²) < 4.78 is 0. The Hall–Kier alpha value is -0.980. The van der Waals surface area contributed by atoms with Crippen molar-refractivity contribution in [3.8, 4) is 0 Å². The van der Waals surface area contributed by atoms with E-state index >= 15 is 0 Å². The summed E-state index contributed by atoms with van der Waals surface area (Å²) in [4.78, 5) is 20.9. The normalized spacial score (nSPS) is 17.5. The first-order chi connectivity index (χ1) is 5.99. The van der Waals surface area contributed by atoms with E-state index in [0.717, 1.165) is 0 Å². The number of carboxylic acids is 1. The van der Waals surface area contributed by atoms with E-state index in [4.69, 9.17) is 16.6 Å². The van der Waals surface area contributed by atoms with Crippen LogP contribution in [0.1, 0.15) is 12.8 Å². The molecule has 0 aliphatic carbocycles. The third-order valence-corrected chi connectivity index (χ3v) is 1.80. The zero-order chi connectivity index (χ0) is 10.5. The molecule has 76 valence electrons. The summed E-state index contributed by atoms with van der Waals surface area (Å²) in [5.41, 5.74) is 8.10. The molecule has 0 fully saturated rings. The summed E-state index contributed by atoms with van der Waals surface area (Å²) in [7, 11) is 0. The van der Waals surface area contributed by atoms with Gasteiger partial charge in [0, 0.05) is 0 Å². The number of rotatable bonds is 6. The van der Waals surface area contributed by atoms with Gasteiger partial charge in [0.25, 0.3) is 0 Å². The van der Waals surface area contributed by atoms with Crippen molar-refractivity contribution in [2.75, 3.05) is 6.54 Å². The van der Waals surface area contributed by atoms with Crippen LogP contribution in [-0.4, -0.2) is 40.7 Å². The highest BCUT2D eigenvalue weighted by Gasteiger charge is 2.41. The van der Waals surface area contributed by atoms with Gasteiger partial charge >= 0.3 is 5.97 Å². The Morgan fingerprint density at radius 3 is 2.46 bits per heavy atom. The molecule has 0 aromatic carbocycles. The van der Waals surface area contributed by atoms with Gasteiger partial charge in [0.15, 0.2) is 11.8 Å². The minimum Gasteiger partial charge on any atom is -0.479 e. The standard InChI is InChI=1S/C7H14N2O4/c8-3-1-2-5(11)7(9,4-10)6(12)13/h4-5,11H,1-3,8-9H2,(H,12,13). The zero-order valence-electron chi connectivity index (χ0n) is 7.14. The number of aliphatic carboxylic acids is 1. The second kappa shape index (κ2) is 4.90. The average Bonchev–Trinajstić information content (AvgIpc) is 2.12. The molecule has 0 saturated heterocycles. The van der Waals surface area contributed by atoms with Crippen LogP contribution < -0.4 is 11.5 Å². The van der Waals surface area contributed by atoms with E-state index < -0.39 is 17.6 Å². The number of hydrogen-bond acceptors (Lipinski definition) is 5. The van der Waals surface area contributed by atoms with Crippen LogP contribution >= 0.6 is 0 Å². The van der Waals surface area contributed by atoms with Crippen LogP contribution in [-0.2, 0) is 9.59 Å². The van der Waals surface area contributed by atoms with Crippen molar-refractivity contribution in [2.24, 2.45) is 11.5 Å². The molecule has 0 saturated carbocycles. The molecule has 0 heterocycles. The van der Waals surface area contributed by atoms with Crippen LogP contribution in [0.15, 0.2) is 0 Å². The molecular weight excluding hydrogens is 176 g/mol. The van der Waals surface area contributed by atoms with Gasteiger partial charge in [-0.3, -0.25) is 0 Å². The molecule has 0 bridgehead atoms. The first-order valence-corrected chi connectivity index (χ1v) is 3.85. The van der Waals surface area contributed by atoms with Gasteiger partial charge in [-0.05, 0) is 19.4 Å². The Labute approximate surface area is 75.5 Å². The van der Waals surface area contributed by atoms with Crippen LogP contribution in [0.5, 0.6) is 0 Å². The smallest absolute Gasteiger partial charge is 0.333 e. The predicted octanol–water partition coefficient (Wildman–Crippen LogP) is -1.93. The molecule has 2 unspecified atom stereocenters. The molecule has 0 spiro atoms. The van der Waals surface area contributed by atoms with Gasteiger partial charge in [0.2, 0.25) is 0 Å². The lowest BCUT2D eigenvalue weighted by Gasteiger charge is -2.23. The maximum atomic E-state index is 10.5. The SMILES string of the molecule is NCCCC(O)C(N)(C=O)C(=O)O. The van der Waals surface area contributed by atoms with Crippen molar-refractivity contribution >= 4 is 12.3 Å². The summed E-state index contributed by atoms with van der Waals surface area (Å²) in [6.07, 6.45) is -0.846. The summed E-state index contributed by atoms with van der Waals surface area (Å²) in [6, 6.07) is 0. The van der Waals surface area contributed by atoms with E-state index in [-0.39, 0.29) is 12.7 Å². The van der Waals surface area contributed by atoms with E-state index in [1.54, 1.807) is 0 Å². The lowest BCUT2D eigenvalue weighted by atomic mass is 9.92. The Morgan fingerprint density at radius 1 is 1.62 bits per heavy atom. The van der Waals surface area contributed by atoms with Crippen LogP contribution in [0.25, 0.3) is 0 Å². The molecule has 0 radical (unpaired) electrons. The summed E-state index contributed by atoms with van der Waals surface area (Å²) in [5, 5.41) is 17.8. The van der Waals surface area contributed by atoms with Gasteiger partial charge < -0.3 is 26.5 Å². The Balaban J connectivity index is 4.38. The topological polar surface area (TPSA) is 127 Å². The lowest BCUT2D eigenvalue weighted by molar-refractivity contribution is -0.150. The molecule has 0 aliphatic rings. The molecule has 2 atom stereocenters. The highest BCUT2D eigenvalue weighted by atomic mass is 16.4. The molecular formula is C7H14N2O4. The Kier molecular flexibility index (Phi) is 4.53. The van der Waals surface area contributed by atoms with E-state index in [2.05, 4.69) is 0 Å². The van der Waals surface area contributed by atoms with Crippen LogP contribution in [0.4, 0.5) is 0 Å². The van der Waals surface area contributed by atoms with Gasteiger partial charge in [-0.25, -0.2) is 4.79 Å². The maximum Gasteiger partial charge on any atom is 0.333 e. The number of aldehydes is 1. The molecule has 6 nitrogen and oxygen atoms in total. The third kappa shape index (κ3) is 2.76. The molecule has 6 heteroatoms. The molecule has 0 aromatic rings. The highest BCUT2D eigenvalue weighted by Crippen LogP contribution is 2.10. The Bertz CT molecular complexity index is 197. The van der Waals surface area contributed by atoms with E-state index in [1.165, 1.54) is 0 Å². The molecule has 6 N–H and O–H groups in total. The largest absolute Gasteiger partial charge is 0.479 e. The van der Waals surface area contributed by atoms with Gasteiger partial charge in [-0.2, -0.15) is 0 Å². The molecule has 0 rings (SSSR count). The highest BCUT2D eigenvalue weighted by molar-refractivity contribution is 5.97. The number of carbonyl (C=O) groups excluding carboxylic acids is 1. The number of aliphatic hydroxyl groups is 1. The van der Waals surface area contributed by atoms with E-state index in [1.807, 2.05) is 0 Å². The van der Waals surface area contributed by atoms with Gasteiger partial charge in [0.1, 0.15) is 0 Å². The van der Waals surface area contributed by atoms with Crippen LogP contribution in [0.3, 0.4) is 0 Å². The first kappa shape index (κ1) is 12.0. The number of aliphatic hydroxyl groups excluding tert-OH is 1. The van der Waals surface area contributed by atoms with Gasteiger partial charge in [0.05, 0.1) is 6.10 Å². The fourth-order valence-corrected chi connectivity index (χ4v) is 0.822. The van der Waals surface area contributed by atoms with E-state index in [9.17, 15) is 14.7 Å². The molecule has 13 heavy (non-hydrogen) atoms. The fourth-order valence-electron chi connectivity index (χ4n) is 0.822. The third-order valence-electron chi connectivity index (χ3n) is 1.80. The van der Waals surface area contributed by atoms with Crippen LogP contribution in [0, 0.1) is 0 Å². The number of nitrogens with two attached hydrogens (primary N) is 2. The van der Waals surface area contributed by atoms with Gasteiger partial charge in [-0.1, -0.05) is 0 Å². The average molecular weight is 190 g/mol. The number of hydrogen-bond donors (Lipinski definition) is 4. The maximum absolute atomic E-state index is 10.5. The summed E-state index contributed by atoms with van der Waals surface area (Å²) >= 11 is 0. The second-order valence-corrected chi connectivity index (χ2v) is 2.80. The monoisotopic (exact) mass is 190 g/mol. The minimum absolute atomic E-state index is 0.0382. The summed E-state index contributed by atoms with van der Waals surface area (Å²) in [6.45, 7) is 0.311. The lowest BCUT2D eigenvalue weighted by Crippen LogP contribution is -2.58. The summed E-state index contributed by atoms with van der Waals surface area (Å²) in [5.74, 6) is -1.54. The van der Waals surface area contributed by atoms with E-state index in [0.29, 0.717) is 13.0 Å². The predicted molar refractivity (Wildman–Crippen MR) is 44.9 cm³/mol. The van der Waals surface area contributed by atoms with Gasteiger partial charge in [-0.15, -0.1) is 0 Å². The van der Waals surface area contributed by atoms with Crippen molar-refractivity contribution in [1.29, 1.82) is 0 Å². The first-order valence-electron chi connectivity index (χ1n) is 3.85. The molecule has 0 aromatic heterocycles. The molecule has 0 amide bonds. The van der Waals surface area contributed by atoms with Crippen molar-refractivity contribution in [3.05, 3.63) is 0 Å². The van der Waals surface area contributed by atoms with Crippen molar-refractivity contribution < 1.29 is 19.8 Å². The quantitative estimate of drug-likeness (QED) is 0.285. The minimum atomic E-state index is -2.21. The van der Waals surface area contributed by atoms with Crippen LogP contribution in [0.2, 0.25) is 0 Å². The fraction of sp³-hybridized carbons (Fsp3) is 0.714. The van der Waals surface area contributed by atoms with Crippen molar-refractivity contribution in [1.82, 2.24) is 0 Å². The number of carboxylic acid groups (broad SMARTS) is 1. The Morgan fingerprint density at radius 2 is 2.15 bits per heavy atom. The molecule has 0 aliphatic heterocycles.